The van der Waals surface area contributed by atoms with E-state index in [-0.39, 0.29) is 17.5 Å². The lowest BCUT2D eigenvalue weighted by atomic mass is 10.1. The largest absolute Gasteiger partial charge is 0.503 e. The molecule has 0 saturated heterocycles. The maximum atomic E-state index is 12.5. The van der Waals surface area contributed by atoms with Crippen molar-refractivity contribution in [3.8, 4) is 17.2 Å². The molecule has 1 saturated carbocycles. The van der Waals surface area contributed by atoms with E-state index in [4.69, 9.17) is 14.2 Å². The van der Waals surface area contributed by atoms with Gasteiger partial charge < -0.3 is 24.6 Å². The molecule has 0 spiro atoms. The fraction of sp³-hybridized carbons (Fsp3) is 0.409. The fourth-order valence-electron chi connectivity index (χ4n) is 3.10. The van der Waals surface area contributed by atoms with Crippen LogP contribution in [0.25, 0.3) is 0 Å². The topological polar surface area (TPSA) is 107 Å². The molecule has 1 aliphatic carbocycles. The van der Waals surface area contributed by atoms with Gasteiger partial charge in [0.05, 0.1) is 7.11 Å². The molecule has 8 nitrogen and oxygen atoms in total. The third-order valence-corrected chi connectivity index (χ3v) is 4.89. The summed E-state index contributed by atoms with van der Waals surface area (Å²) in [6, 6.07) is 9.88. The number of esters is 1. The van der Waals surface area contributed by atoms with Gasteiger partial charge in [-0.05, 0) is 44.7 Å². The second kappa shape index (κ2) is 9.47. The average Bonchev–Trinajstić information content (AvgIpc) is 3.57. The monoisotopic (exact) mass is 414 g/mol. The molecular weight excluding hydrogens is 388 g/mol. The normalized spacial score (nSPS) is 16.1. The molecule has 0 unspecified atom stereocenters. The van der Waals surface area contributed by atoms with Crippen LogP contribution in [0.5, 0.6) is 17.2 Å². The number of nitrogens with zero attached hydrogens (tertiary/aromatic N) is 1. The van der Waals surface area contributed by atoms with E-state index < -0.39 is 29.8 Å². The third kappa shape index (κ3) is 5.20. The van der Waals surface area contributed by atoms with Crippen molar-refractivity contribution < 1.29 is 28.9 Å². The number of benzene rings is 1. The molecule has 1 heterocycles. The van der Waals surface area contributed by atoms with Gasteiger partial charge in [0.2, 0.25) is 0 Å². The van der Waals surface area contributed by atoms with Crippen LogP contribution in [-0.4, -0.2) is 47.3 Å². The number of amides is 1. The number of pyridine rings is 1. The molecule has 3 rings (SSSR count). The number of ether oxygens (including phenoxy) is 3. The van der Waals surface area contributed by atoms with Gasteiger partial charge in [-0.15, -0.1) is 0 Å². The smallest absolute Gasteiger partial charge is 0.328 e. The van der Waals surface area contributed by atoms with Gasteiger partial charge in [0.15, 0.2) is 17.2 Å². The van der Waals surface area contributed by atoms with Crippen molar-refractivity contribution >= 4 is 11.9 Å². The first-order valence-corrected chi connectivity index (χ1v) is 9.85. The molecule has 0 radical (unpaired) electrons. The van der Waals surface area contributed by atoms with Crippen molar-refractivity contribution in [1.29, 1.82) is 0 Å². The van der Waals surface area contributed by atoms with Crippen LogP contribution in [0, 0.1) is 5.92 Å². The molecular formula is C22H26N2O6. The summed E-state index contributed by atoms with van der Waals surface area (Å²) in [5.41, 5.74) is -0.231. The number of aromatic nitrogens is 1. The number of para-hydroxylation sites is 1. The van der Waals surface area contributed by atoms with Gasteiger partial charge in [0.25, 0.3) is 5.91 Å². The predicted molar refractivity (Wildman–Crippen MR) is 109 cm³/mol. The minimum absolute atomic E-state index is 0.115. The summed E-state index contributed by atoms with van der Waals surface area (Å²) in [4.78, 5) is 28.8. The van der Waals surface area contributed by atoms with Crippen LogP contribution in [0.4, 0.5) is 0 Å². The van der Waals surface area contributed by atoms with Gasteiger partial charge in [-0.2, -0.15) is 0 Å². The van der Waals surface area contributed by atoms with Crippen LogP contribution >= 0.6 is 0 Å². The van der Waals surface area contributed by atoms with Gasteiger partial charge >= 0.3 is 5.97 Å². The highest BCUT2D eigenvalue weighted by Crippen LogP contribution is 2.37. The lowest BCUT2D eigenvalue weighted by Crippen LogP contribution is -2.43. The Morgan fingerprint density at radius 1 is 1.17 bits per heavy atom. The van der Waals surface area contributed by atoms with Crippen LogP contribution in [0.2, 0.25) is 0 Å². The van der Waals surface area contributed by atoms with Gasteiger partial charge in [0.1, 0.15) is 24.0 Å². The lowest BCUT2D eigenvalue weighted by Gasteiger charge is -2.26. The van der Waals surface area contributed by atoms with E-state index in [9.17, 15) is 14.7 Å². The molecule has 1 amide bonds. The molecule has 3 atom stereocenters. The fourth-order valence-corrected chi connectivity index (χ4v) is 3.10. The van der Waals surface area contributed by atoms with E-state index in [1.165, 1.54) is 26.3 Å². The Morgan fingerprint density at radius 3 is 2.50 bits per heavy atom. The maximum absolute atomic E-state index is 12.5. The number of hydrogen-bond donors (Lipinski definition) is 2. The van der Waals surface area contributed by atoms with E-state index in [0.29, 0.717) is 5.92 Å². The first-order chi connectivity index (χ1) is 14.4. The number of methoxy groups -OCH3 is 1. The molecule has 1 fully saturated rings. The zero-order valence-electron chi connectivity index (χ0n) is 17.2. The zero-order valence-corrected chi connectivity index (χ0v) is 17.2. The summed E-state index contributed by atoms with van der Waals surface area (Å²) in [5, 5.41) is 12.6. The van der Waals surface area contributed by atoms with Gasteiger partial charge in [-0.25, -0.2) is 9.78 Å². The predicted octanol–water partition coefficient (Wildman–Crippen LogP) is 2.70. The van der Waals surface area contributed by atoms with Crippen molar-refractivity contribution in [1.82, 2.24) is 10.3 Å². The van der Waals surface area contributed by atoms with E-state index in [1.54, 1.807) is 6.92 Å². The molecule has 1 aromatic heterocycles. The first-order valence-electron chi connectivity index (χ1n) is 9.85. The molecule has 1 aliphatic rings. The Labute approximate surface area is 175 Å². The summed E-state index contributed by atoms with van der Waals surface area (Å²) >= 11 is 0. The second-order valence-corrected chi connectivity index (χ2v) is 7.28. The highest BCUT2D eigenvalue weighted by Gasteiger charge is 2.39. The summed E-state index contributed by atoms with van der Waals surface area (Å²) in [7, 11) is 1.37. The Hall–Kier alpha value is -3.29. The highest BCUT2D eigenvalue weighted by molar-refractivity contribution is 5.97. The minimum Gasteiger partial charge on any atom is -0.503 e. The summed E-state index contributed by atoms with van der Waals surface area (Å²) in [6.45, 7) is 3.29. The second-order valence-electron chi connectivity index (χ2n) is 7.28. The molecule has 8 heteroatoms. The molecule has 0 aliphatic heterocycles. The Morgan fingerprint density at radius 2 is 1.87 bits per heavy atom. The van der Waals surface area contributed by atoms with Crippen molar-refractivity contribution in [2.75, 3.05) is 7.11 Å². The number of nitrogens with one attached hydrogen (secondary N) is 1. The quantitative estimate of drug-likeness (QED) is 0.608. The van der Waals surface area contributed by atoms with Crippen LogP contribution in [-0.2, 0) is 9.53 Å². The van der Waals surface area contributed by atoms with Gasteiger partial charge in [-0.1, -0.05) is 18.2 Å². The number of carbonyl (C=O) groups is 2. The Kier molecular flexibility index (Phi) is 6.76. The van der Waals surface area contributed by atoms with Crippen molar-refractivity contribution in [2.24, 2.45) is 5.92 Å². The minimum atomic E-state index is -0.941. The van der Waals surface area contributed by atoms with Gasteiger partial charge in [0, 0.05) is 12.3 Å². The van der Waals surface area contributed by atoms with Crippen molar-refractivity contribution in [2.45, 2.75) is 44.9 Å². The van der Waals surface area contributed by atoms with Crippen LogP contribution in [0.3, 0.4) is 0 Å². The summed E-state index contributed by atoms with van der Waals surface area (Å²) in [6.07, 6.45) is 2.62. The average molecular weight is 414 g/mol. The van der Waals surface area contributed by atoms with Gasteiger partial charge in [-0.3, -0.25) is 4.79 Å². The molecule has 160 valence electrons. The summed E-state index contributed by atoms with van der Waals surface area (Å²) < 4.78 is 16.6. The zero-order chi connectivity index (χ0) is 21.7. The summed E-state index contributed by atoms with van der Waals surface area (Å²) in [5.74, 6) is -0.529. The standard InChI is InChI=1S/C22H26N2O6/c1-13(24-21(26)18-19(25)17(28-3)11-12-23-18)22(27)29-14(2)20(15-9-10-15)30-16-7-5-4-6-8-16/h4-8,11-15,20,25H,9-10H2,1-3H3,(H,24,26)/t13-,14-,20-/m0/s1. The maximum Gasteiger partial charge on any atom is 0.328 e. The Balaban J connectivity index is 1.59. The highest BCUT2D eigenvalue weighted by atomic mass is 16.6. The number of hydrogen-bond acceptors (Lipinski definition) is 7. The first kappa shape index (κ1) is 21.4. The van der Waals surface area contributed by atoms with E-state index in [1.807, 2.05) is 30.3 Å². The number of rotatable bonds is 9. The van der Waals surface area contributed by atoms with Crippen LogP contribution in [0.1, 0.15) is 37.2 Å². The molecule has 1 aromatic carbocycles. The van der Waals surface area contributed by atoms with Crippen molar-refractivity contribution in [3.63, 3.8) is 0 Å². The molecule has 0 bridgehead atoms. The van der Waals surface area contributed by atoms with Crippen molar-refractivity contribution in [3.05, 3.63) is 48.3 Å². The SMILES string of the molecule is COc1ccnc(C(=O)N[C@@H](C)C(=O)O[C@@H](C)[C@H](Oc2ccccc2)C2CC2)c1O. The molecule has 30 heavy (non-hydrogen) atoms. The number of aromatic hydroxyl groups is 1. The van der Waals surface area contributed by atoms with E-state index in [2.05, 4.69) is 10.3 Å². The van der Waals surface area contributed by atoms with Crippen LogP contribution in [0.15, 0.2) is 42.6 Å². The lowest BCUT2D eigenvalue weighted by molar-refractivity contribution is -0.155. The molecule has 2 N–H and O–H groups in total. The number of carbonyl (C=O) groups excluding carboxylic acids is 2. The van der Waals surface area contributed by atoms with Crippen LogP contribution < -0.4 is 14.8 Å². The third-order valence-electron chi connectivity index (χ3n) is 4.89. The molecule has 2 aromatic rings. The van der Waals surface area contributed by atoms with E-state index >= 15 is 0 Å². The van der Waals surface area contributed by atoms with E-state index in [0.717, 1.165) is 18.6 Å². The Bertz CT molecular complexity index is 884.